The van der Waals surface area contributed by atoms with Gasteiger partial charge in [-0.1, -0.05) is 16.8 Å². The fourth-order valence-electron chi connectivity index (χ4n) is 2.45. The van der Waals surface area contributed by atoms with E-state index in [9.17, 15) is 4.79 Å². The molecule has 1 fully saturated rings. The topological polar surface area (TPSA) is 122 Å². The van der Waals surface area contributed by atoms with Gasteiger partial charge in [-0.3, -0.25) is 4.79 Å². The van der Waals surface area contributed by atoms with Crippen LogP contribution in [0, 0.1) is 11.3 Å². The molecular weight excluding hydrogens is 308 g/mol. The first kappa shape index (κ1) is 14.3. The first-order valence-electron chi connectivity index (χ1n) is 6.56. The van der Waals surface area contributed by atoms with Crippen molar-refractivity contribution in [2.24, 2.45) is 5.73 Å². The molecule has 0 bridgehead atoms. The number of aromatic nitrogens is 3. The number of anilines is 1. The summed E-state index contributed by atoms with van der Waals surface area (Å²) in [6.45, 7) is 0.706. The molecule has 3 rings (SSSR count). The number of nitrogens with zero attached hydrogens (tertiary/aromatic N) is 5. The van der Waals surface area contributed by atoms with Gasteiger partial charge in [-0.05, 0) is 18.9 Å². The van der Waals surface area contributed by atoms with Crippen LogP contribution in [0.15, 0.2) is 16.8 Å². The number of nitriles is 1. The number of pyridine rings is 1. The number of carbonyl (C=O) groups is 1. The van der Waals surface area contributed by atoms with Gasteiger partial charge in [-0.15, -0.1) is 0 Å². The molecular formula is C13H11ClN6O2. The third-order valence-electron chi connectivity index (χ3n) is 3.42. The van der Waals surface area contributed by atoms with Crippen LogP contribution in [0.1, 0.15) is 41.0 Å². The second-order valence-electron chi connectivity index (χ2n) is 4.81. The molecule has 0 unspecified atom stereocenters. The van der Waals surface area contributed by atoms with E-state index in [1.165, 1.54) is 6.20 Å². The highest BCUT2D eigenvalue weighted by molar-refractivity contribution is 6.33. The molecule has 0 aliphatic carbocycles. The Morgan fingerprint density at radius 1 is 1.59 bits per heavy atom. The van der Waals surface area contributed by atoms with E-state index >= 15 is 0 Å². The van der Waals surface area contributed by atoms with E-state index in [2.05, 4.69) is 15.1 Å². The van der Waals surface area contributed by atoms with E-state index in [1.54, 1.807) is 6.07 Å². The quantitative estimate of drug-likeness (QED) is 0.908. The highest BCUT2D eigenvalue weighted by Crippen LogP contribution is 2.37. The molecule has 2 N–H and O–H groups in total. The fraction of sp³-hybridized carbons (Fsp3) is 0.308. The fourth-order valence-corrected chi connectivity index (χ4v) is 2.73. The first-order chi connectivity index (χ1) is 10.6. The molecule has 22 heavy (non-hydrogen) atoms. The van der Waals surface area contributed by atoms with E-state index in [0.29, 0.717) is 28.8 Å². The molecule has 0 aromatic carbocycles. The smallest absolute Gasteiger partial charge is 0.290 e. The van der Waals surface area contributed by atoms with Crippen molar-refractivity contribution >= 4 is 23.3 Å². The molecule has 1 aliphatic heterocycles. The summed E-state index contributed by atoms with van der Waals surface area (Å²) in [5, 5.41) is 12.8. The SMILES string of the molecule is N#Cc1cnc(N2CCC[C@H]2c2nc(C(N)=O)no2)c(Cl)c1. The molecule has 9 heteroatoms. The summed E-state index contributed by atoms with van der Waals surface area (Å²) in [4.78, 5) is 21.2. The van der Waals surface area contributed by atoms with Gasteiger partial charge >= 0.3 is 0 Å². The second kappa shape index (κ2) is 5.61. The predicted octanol–water partition coefficient (Wildman–Crippen LogP) is 1.43. The Balaban J connectivity index is 1.93. The van der Waals surface area contributed by atoms with Crippen LogP contribution < -0.4 is 10.6 Å². The Morgan fingerprint density at radius 3 is 3.05 bits per heavy atom. The zero-order valence-corrected chi connectivity index (χ0v) is 12.1. The monoisotopic (exact) mass is 318 g/mol. The number of carbonyl (C=O) groups excluding carboxylic acids is 1. The number of amides is 1. The lowest BCUT2D eigenvalue weighted by Crippen LogP contribution is -2.24. The van der Waals surface area contributed by atoms with Gasteiger partial charge in [-0.2, -0.15) is 10.2 Å². The van der Waals surface area contributed by atoms with Crippen LogP contribution in [-0.2, 0) is 0 Å². The van der Waals surface area contributed by atoms with E-state index < -0.39 is 5.91 Å². The second-order valence-corrected chi connectivity index (χ2v) is 5.22. The van der Waals surface area contributed by atoms with Crippen LogP contribution in [0.3, 0.4) is 0 Å². The lowest BCUT2D eigenvalue weighted by atomic mass is 10.2. The zero-order valence-electron chi connectivity index (χ0n) is 11.4. The van der Waals surface area contributed by atoms with Crippen molar-refractivity contribution in [2.75, 3.05) is 11.4 Å². The summed E-state index contributed by atoms with van der Waals surface area (Å²) < 4.78 is 5.12. The van der Waals surface area contributed by atoms with Gasteiger partial charge in [0.25, 0.3) is 11.7 Å². The average Bonchev–Trinajstić information content (AvgIpc) is 3.15. The van der Waals surface area contributed by atoms with Crippen molar-refractivity contribution in [3.63, 3.8) is 0 Å². The third-order valence-corrected chi connectivity index (χ3v) is 3.70. The Kier molecular flexibility index (Phi) is 3.65. The zero-order chi connectivity index (χ0) is 15.7. The molecule has 1 amide bonds. The molecule has 0 radical (unpaired) electrons. The van der Waals surface area contributed by atoms with Crippen molar-refractivity contribution in [3.8, 4) is 6.07 Å². The van der Waals surface area contributed by atoms with Gasteiger partial charge in [0.2, 0.25) is 5.89 Å². The van der Waals surface area contributed by atoms with Crippen LogP contribution in [0.2, 0.25) is 5.02 Å². The lowest BCUT2D eigenvalue weighted by molar-refractivity contribution is 0.0987. The molecule has 0 saturated carbocycles. The predicted molar refractivity (Wildman–Crippen MR) is 76.1 cm³/mol. The summed E-state index contributed by atoms with van der Waals surface area (Å²) in [7, 11) is 0. The largest absolute Gasteiger partial charge is 0.363 e. The van der Waals surface area contributed by atoms with Crippen LogP contribution >= 0.6 is 11.6 Å². The van der Waals surface area contributed by atoms with Crippen molar-refractivity contribution in [2.45, 2.75) is 18.9 Å². The highest BCUT2D eigenvalue weighted by atomic mass is 35.5. The van der Waals surface area contributed by atoms with Gasteiger partial charge in [0.1, 0.15) is 17.9 Å². The Hall–Kier alpha value is -2.66. The van der Waals surface area contributed by atoms with Crippen molar-refractivity contribution in [3.05, 3.63) is 34.6 Å². The number of primary amides is 1. The number of nitrogens with two attached hydrogens (primary N) is 1. The van der Waals surface area contributed by atoms with E-state index in [1.807, 2.05) is 11.0 Å². The number of hydrogen-bond donors (Lipinski definition) is 1. The van der Waals surface area contributed by atoms with Gasteiger partial charge in [0.15, 0.2) is 0 Å². The molecule has 112 valence electrons. The molecule has 3 heterocycles. The lowest BCUT2D eigenvalue weighted by Gasteiger charge is -2.23. The van der Waals surface area contributed by atoms with Crippen molar-refractivity contribution in [1.82, 2.24) is 15.1 Å². The molecule has 1 saturated heterocycles. The van der Waals surface area contributed by atoms with E-state index in [0.717, 1.165) is 12.8 Å². The molecule has 0 spiro atoms. The summed E-state index contributed by atoms with van der Waals surface area (Å²) >= 11 is 6.20. The molecule has 2 aromatic heterocycles. The van der Waals surface area contributed by atoms with Crippen molar-refractivity contribution < 1.29 is 9.32 Å². The highest BCUT2D eigenvalue weighted by Gasteiger charge is 2.33. The maximum atomic E-state index is 11.1. The van der Waals surface area contributed by atoms with E-state index in [-0.39, 0.29) is 11.9 Å². The molecule has 2 aromatic rings. The molecule has 8 nitrogen and oxygen atoms in total. The first-order valence-corrected chi connectivity index (χ1v) is 6.93. The summed E-state index contributed by atoms with van der Waals surface area (Å²) in [5.74, 6) is -0.0506. The van der Waals surface area contributed by atoms with E-state index in [4.69, 9.17) is 27.1 Å². The normalized spacial score (nSPS) is 17.5. The number of halogens is 1. The summed E-state index contributed by atoms with van der Waals surface area (Å²) in [6, 6.07) is 3.32. The van der Waals surface area contributed by atoms with Crippen LogP contribution in [0.5, 0.6) is 0 Å². The van der Waals surface area contributed by atoms with Crippen LogP contribution in [-0.4, -0.2) is 27.6 Å². The maximum Gasteiger partial charge on any atom is 0.290 e. The summed E-state index contributed by atoms with van der Waals surface area (Å²) in [6.07, 6.45) is 3.11. The number of rotatable bonds is 3. The number of hydrogen-bond acceptors (Lipinski definition) is 7. The Labute approximate surface area is 130 Å². The van der Waals surface area contributed by atoms with Crippen LogP contribution in [0.4, 0.5) is 5.82 Å². The van der Waals surface area contributed by atoms with Gasteiger partial charge in [-0.25, -0.2) is 4.98 Å². The maximum absolute atomic E-state index is 11.1. The van der Waals surface area contributed by atoms with Crippen molar-refractivity contribution in [1.29, 1.82) is 5.26 Å². The minimum Gasteiger partial charge on any atom is -0.363 e. The minimum atomic E-state index is -0.742. The minimum absolute atomic E-state index is 0.152. The van der Waals surface area contributed by atoms with Gasteiger partial charge < -0.3 is 15.2 Å². The molecule has 1 aliphatic rings. The van der Waals surface area contributed by atoms with Crippen LogP contribution in [0.25, 0.3) is 0 Å². The van der Waals surface area contributed by atoms with Gasteiger partial charge in [0.05, 0.1) is 10.6 Å². The summed E-state index contributed by atoms with van der Waals surface area (Å²) in [5.41, 5.74) is 5.51. The Bertz CT molecular complexity index is 768. The average molecular weight is 319 g/mol. The standard InChI is InChI=1S/C13H11ClN6O2/c14-8-4-7(5-15)6-17-12(8)20-3-1-2-9(20)13-18-11(10(16)21)19-22-13/h4,6,9H,1-3H2,(H2,16,21)/t9-/m0/s1. The Morgan fingerprint density at radius 2 is 2.41 bits per heavy atom. The van der Waals surface area contributed by atoms with Gasteiger partial charge in [0, 0.05) is 12.7 Å². The third kappa shape index (κ3) is 2.46. The molecule has 1 atom stereocenters.